The van der Waals surface area contributed by atoms with Crippen molar-refractivity contribution in [3.8, 4) is 0 Å². The second kappa shape index (κ2) is 6.79. The van der Waals surface area contributed by atoms with Crippen molar-refractivity contribution in [2.75, 3.05) is 10.6 Å². The largest absolute Gasteiger partial charge is 0.380 e. The molecule has 1 amide bonds. The predicted octanol–water partition coefficient (Wildman–Crippen LogP) is 4.57. The van der Waals surface area contributed by atoms with E-state index in [0.717, 1.165) is 32.3 Å². The third-order valence-corrected chi connectivity index (χ3v) is 4.09. The minimum atomic E-state index is -0.0694. The summed E-state index contributed by atoms with van der Waals surface area (Å²) in [5.41, 5.74) is 3.86. The first-order valence-corrected chi connectivity index (χ1v) is 8.06. The average Bonchev–Trinajstić information content (AvgIpc) is 2.53. The molecule has 0 unspecified atom stereocenters. The Bertz CT molecular complexity index is 864. The summed E-state index contributed by atoms with van der Waals surface area (Å²) in [7, 11) is 0. The van der Waals surface area contributed by atoms with Crippen LogP contribution in [0.4, 0.5) is 11.4 Å². The van der Waals surface area contributed by atoms with Crippen LogP contribution in [0.2, 0.25) is 0 Å². The van der Waals surface area contributed by atoms with Crippen molar-refractivity contribution >= 4 is 44.1 Å². The van der Waals surface area contributed by atoms with Crippen molar-refractivity contribution in [2.24, 2.45) is 0 Å². The Morgan fingerprint density at radius 3 is 2.83 bits per heavy atom. The maximum absolute atomic E-state index is 11.1. The minimum Gasteiger partial charge on any atom is -0.380 e. The number of hydrogen-bond donors (Lipinski definition) is 2. The van der Waals surface area contributed by atoms with Gasteiger partial charge in [-0.25, -0.2) is 0 Å². The van der Waals surface area contributed by atoms with Gasteiger partial charge >= 0.3 is 0 Å². The van der Waals surface area contributed by atoms with Gasteiger partial charge in [0.1, 0.15) is 0 Å². The van der Waals surface area contributed by atoms with Gasteiger partial charge in [0.2, 0.25) is 5.91 Å². The monoisotopic (exact) mass is 369 g/mol. The molecule has 116 valence electrons. The van der Waals surface area contributed by atoms with E-state index in [2.05, 4.69) is 31.5 Å². The van der Waals surface area contributed by atoms with E-state index in [0.29, 0.717) is 6.54 Å². The summed E-state index contributed by atoms with van der Waals surface area (Å²) in [5.74, 6) is -0.0694. The number of fused-ring (bicyclic) bond motifs is 1. The summed E-state index contributed by atoms with van der Waals surface area (Å²) in [6.45, 7) is 2.17. The maximum Gasteiger partial charge on any atom is 0.221 e. The normalized spacial score (nSPS) is 10.5. The molecule has 1 aromatic heterocycles. The predicted molar refractivity (Wildman–Crippen MR) is 97.5 cm³/mol. The highest BCUT2D eigenvalue weighted by Crippen LogP contribution is 2.27. The van der Waals surface area contributed by atoms with E-state index in [9.17, 15) is 4.79 Å². The zero-order chi connectivity index (χ0) is 16.2. The van der Waals surface area contributed by atoms with E-state index >= 15 is 0 Å². The van der Waals surface area contributed by atoms with E-state index < -0.39 is 0 Å². The number of nitrogens with one attached hydrogen (secondary N) is 2. The molecular formula is C18H16BrN3O. The molecule has 1 heterocycles. The first kappa shape index (κ1) is 15.5. The Hall–Kier alpha value is -2.40. The summed E-state index contributed by atoms with van der Waals surface area (Å²) in [6, 6.07) is 15.8. The fourth-order valence-corrected chi connectivity index (χ4v) is 2.92. The Morgan fingerprint density at radius 2 is 2.00 bits per heavy atom. The van der Waals surface area contributed by atoms with Gasteiger partial charge in [0.15, 0.2) is 0 Å². The number of carbonyl (C=O) groups is 1. The van der Waals surface area contributed by atoms with Crippen LogP contribution in [-0.4, -0.2) is 10.9 Å². The van der Waals surface area contributed by atoms with Crippen LogP contribution in [0.5, 0.6) is 0 Å². The standard InChI is InChI=1S/C18H16BrN3O/c1-12(23)22-14-5-2-4-13(10-14)11-21-17-8-9-20-18-15(17)6-3-7-16(18)19/h2-10H,11H2,1H3,(H,20,21)(H,22,23). The first-order chi connectivity index (χ1) is 11.1. The summed E-state index contributed by atoms with van der Waals surface area (Å²) >= 11 is 3.53. The number of amides is 1. The summed E-state index contributed by atoms with van der Waals surface area (Å²) < 4.78 is 0.978. The highest BCUT2D eigenvalue weighted by molar-refractivity contribution is 9.10. The molecule has 0 saturated heterocycles. The fraction of sp³-hybridized carbons (Fsp3) is 0.111. The number of pyridine rings is 1. The van der Waals surface area contributed by atoms with Gasteiger partial charge in [-0.15, -0.1) is 0 Å². The van der Waals surface area contributed by atoms with Gasteiger partial charge in [0, 0.05) is 40.9 Å². The van der Waals surface area contributed by atoms with Crippen LogP contribution in [0.15, 0.2) is 59.2 Å². The van der Waals surface area contributed by atoms with Crippen molar-refractivity contribution in [1.82, 2.24) is 4.98 Å². The van der Waals surface area contributed by atoms with E-state index in [4.69, 9.17) is 0 Å². The van der Waals surface area contributed by atoms with E-state index in [1.54, 1.807) is 6.20 Å². The molecule has 0 aliphatic heterocycles. The Morgan fingerprint density at radius 1 is 1.17 bits per heavy atom. The zero-order valence-electron chi connectivity index (χ0n) is 12.6. The molecule has 0 radical (unpaired) electrons. The van der Waals surface area contributed by atoms with Gasteiger partial charge in [-0.1, -0.05) is 24.3 Å². The van der Waals surface area contributed by atoms with Crippen LogP contribution in [0.1, 0.15) is 12.5 Å². The third kappa shape index (κ3) is 3.68. The molecule has 0 saturated carbocycles. The third-order valence-electron chi connectivity index (χ3n) is 3.45. The molecule has 0 atom stereocenters. The average molecular weight is 370 g/mol. The minimum absolute atomic E-state index is 0.0694. The number of hydrogen-bond acceptors (Lipinski definition) is 3. The molecule has 0 fully saturated rings. The van der Waals surface area contributed by atoms with Crippen molar-refractivity contribution in [2.45, 2.75) is 13.5 Å². The molecule has 2 aromatic carbocycles. The molecule has 0 aliphatic rings. The number of halogens is 1. The van der Waals surface area contributed by atoms with Gasteiger partial charge in [0.25, 0.3) is 0 Å². The van der Waals surface area contributed by atoms with Gasteiger partial charge in [-0.2, -0.15) is 0 Å². The van der Waals surface area contributed by atoms with Crippen LogP contribution in [0.25, 0.3) is 10.9 Å². The molecule has 5 heteroatoms. The van der Waals surface area contributed by atoms with Crippen molar-refractivity contribution in [3.63, 3.8) is 0 Å². The molecule has 4 nitrogen and oxygen atoms in total. The van der Waals surface area contributed by atoms with E-state index in [1.807, 2.05) is 48.5 Å². The Kier molecular flexibility index (Phi) is 4.57. The summed E-state index contributed by atoms with van der Waals surface area (Å²) in [5, 5.41) is 7.31. The van der Waals surface area contributed by atoms with Gasteiger partial charge < -0.3 is 10.6 Å². The lowest BCUT2D eigenvalue weighted by Crippen LogP contribution is -2.06. The smallest absolute Gasteiger partial charge is 0.221 e. The number of nitrogens with zero attached hydrogens (tertiary/aromatic N) is 1. The van der Waals surface area contributed by atoms with Crippen LogP contribution in [0, 0.1) is 0 Å². The van der Waals surface area contributed by atoms with Crippen molar-refractivity contribution in [1.29, 1.82) is 0 Å². The molecule has 0 aliphatic carbocycles. The number of carbonyl (C=O) groups excluding carboxylic acids is 1. The number of rotatable bonds is 4. The topological polar surface area (TPSA) is 54.0 Å². The van der Waals surface area contributed by atoms with Crippen LogP contribution >= 0.6 is 15.9 Å². The molecule has 23 heavy (non-hydrogen) atoms. The van der Waals surface area contributed by atoms with Gasteiger partial charge in [-0.05, 0) is 45.8 Å². The lowest BCUT2D eigenvalue weighted by Gasteiger charge is -2.11. The van der Waals surface area contributed by atoms with Gasteiger partial charge in [-0.3, -0.25) is 9.78 Å². The summed E-state index contributed by atoms with van der Waals surface area (Å²) in [6.07, 6.45) is 1.79. The van der Waals surface area contributed by atoms with Crippen molar-refractivity contribution < 1.29 is 4.79 Å². The first-order valence-electron chi connectivity index (χ1n) is 7.27. The molecule has 0 bridgehead atoms. The Labute approximate surface area is 143 Å². The van der Waals surface area contributed by atoms with Crippen molar-refractivity contribution in [3.05, 3.63) is 64.8 Å². The zero-order valence-corrected chi connectivity index (χ0v) is 14.2. The second-order valence-electron chi connectivity index (χ2n) is 5.23. The lowest BCUT2D eigenvalue weighted by molar-refractivity contribution is -0.114. The number of aromatic nitrogens is 1. The summed E-state index contributed by atoms with van der Waals surface area (Å²) in [4.78, 5) is 15.6. The van der Waals surface area contributed by atoms with Gasteiger partial charge in [0.05, 0.1) is 5.52 Å². The van der Waals surface area contributed by atoms with Crippen LogP contribution in [-0.2, 0) is 11.3 Å². The van der Waals surface area contributed by atoms with Crippen LogP contribution < -0.4 is 10.6 Å². The molecule has 0 spiro atoms. The number of anilines is 2. The molecule has 3 aromatic rings. The molecular weight excluding hydrogens is 354 g/mol. The number of para-hydroxylation sites is 1. The SMILES string of the molecule is CC(=O)Nc1cccc(CNc2ccnc3c(Br)cccc23)c1. The Balaban J connectivity index is 1.81. The quantitative estimate of drug-likeness (QED) is 0.708. The van der Waals surface area contributed by atoms with Crippen LogP contribution in [0.3, 0.4) is 0 Å². The van der Waals surface area contributed by atoms with E-state index in [-0.39, 0.29) is 5.91 Å². The van der Waals surface area contributed by atoms with E-state index in [1.165, 1.54) is 6.92 Å². The molecule has 3 rings (SSSR count). The maximum atomic E-state index is 11.1. The lowest BCUT2D eigenvalue weighted by atomic mass is 10.1. The highest BCUT2D eigenvalue weighted by Gasteiger charge is 2.05. The molecule has 2 N–H and O–H groups in total. The highest BCUT2D eigenvalue weighted by atomic mass is 79.9. The number of benzene rings is 2. The fourth-order valence-electron chi connectivity index (χ4n) is 2.45. The second-order valence-corrected chi connectivity index (χ2v) is 6.08.